The molecule has 3 rings (SSSR count). The number of hydrogen-bond donors (Lipinski definition) is 2. The van der Waals surface area contributed by atoms with E-state index in [-0.39, 0.29) is 17.1 Å². The highest BCUT2D eigenvalue weighted by atomic mass is 19.1. The van der Waals surface area contributed by atoms with Crippen molar-refractivity contribution in [1.82, 2.24) is 15.5 Å². The molecule has 0 radical (unpaired) electrons. The number of halogens is 1. The van der Waals surface area contributed by atoms with Gasteiger partial charge in [-0.1, -0.05) is 6.07 Å². The Hall–Kier alpha value is -2.15. The van der Waals surface area contributed by atoms with E-state index in [0.29, 0.717) is 24.2 Å². The molecule has 1 unspecified atom stereocenters. The number of carbonyl (C=O) groups excluding carboxylic acids is 1. The summed E-state index contributed by atoms with van der Waals surface area (Å²) in [7, 11) is 0. The van der Waals surface area contributed by atoms with E-state index in [4.69, 9.17) is 4.74 Å². The topological polar surface area (TPSA) is 66.0 Å². The van der Waals surface area contributed by atoms with Crippen LogP contribution in [0.5, 0.6) is 0 Å². The molecule has 2 heterocycles. The first-order valence-electron chi connectivity index (χ1n) is 9.68. The molecule has 1 aromatic rings. The number of ether oxygens (including phenoxy) is 1. The minimum absolute atomic E-state index is 0.278. The van der Waals surface area contributed by atoms with E-state index in [0.717, 1.165) is 51.6 Å². The minimum Gasteiger partial charge on any atom is -0.381 e. The highest BCUT2D eigenvalue weighted by Gasteiger charge is 2.42. The largest absolute Gasteiger partial charge is 0.381 e. The Morgan fingerprint density at radius 1 is 1.37 bits per heavy atom. The van der Waals surface area contributed by atoms with Crippen molar-refractivity contribution < 1.29 is 13.9 Å². The first-order chi connectivity index (χ1) is 13.0. The molecule has 27 heavy (non-hydrogen) atoms. The fourth-order valence-corrected chi connectivity index (χ4v) is 3.68. The van der Waals surface area contributed by atoms with Gasteiger partial charge in [-0.2, -0.15) is 0 Å². The van der Waals surface area contributed by atoms with Crippen LogP contribution in [0.4, 0.5) is 4.39 Å². The van der Waals surface area contributed by atoms with Crippen LogP contribution in [-0.4, -0.2) is 62.7 Å². The van der Waals surface area contributed by atoms with Gasteiger partial charge in [-0.25, -0.2) is 4.39 Å². The first kappa shape index (κ1) is 19.6. The molecule has 148 valence electrons. The number of nitrogens with one attached hydrogen (secondary N) is 2. The number of hydrogen-bond acceptors (Lipinski definition) is 3. The second-order valence-electron chi connectivity index (χ2n) is 7.43. The van der Waals surface area contributed by atoms with Crippen molar-refractivity contribution >= 4 is 11.9 Å². The highest BCUT2D eigenvalue weighted by molar-refractivity contribution is 5.94. The van der Waals surface area contributed by atoms with Crippen LogP contribution in [0.1, 0.15) is 35.7 Å². The van der Waals surface area contributed by atoms with Gasteiger partial charge in [-0.05, 0) is 44.4 Å². The molecular weight excluding hydrogens is 347 g/mol. The molecule has 0 aromatic heterocycles. The quantitative estimate of drug-likeness (QED) is 0.468. The van der Waals surface area contributed by atoms with Crippen LogP contribution in [-0.2, 0) is 4.74 Å². The van der Waals surface area contributed by atoms with Gasteiger partial charge in [0.1, 0.15) is 5.82 Å². The maximum Gasteiger partial charge on any atom is 0.251 e. The summed E-state index contributed by atoms with van der Waals surface area (Å²) < 4.78 is 19.2. The van der Waals surface area contributed by atoms with Crippen LogP contribution in [0.2, 0.25) is 0 Å². The molecule has 0 aliphatic carbocycles. The Morgan fingerprint density at radius 3 is 2.93 bits per heavy atom. The summed E-state index contributed by atoms with van der Waals surface area (Å²) in [6, 6.07) is 4.52. The third kappa shape index (κ3) is 4.77. The zero-order valence-electron chi connectivity index (χ0n) is 16.2. The number of benzene rings is 1. The van der Waals surface area contributed by atoms with Crippen LogP contribution >= 0.6 is 0 Å². The summed E-state index contributed by atoms with van der Waals surface area (Å²) in [5.74, 6) is 0.239. The van der Waals surface area contributed by atoms with Crippen molar-refractivity contribution in [1.29, 1.82) is 0 Å². The lowest BCUT2D eigenvalue weighted by Crippen LogP contribution is -2.42. The molecule has 6 nitrogen and oxygen atoms in total. The molecular formula is C20H29FN4O2. The van der Waals surface area contributed by atoms with E-state index >= 15 is 0 Å². The number of nitrogens with zero attached hydrogens (tertiary/aromatic N) is 2. The molecule has 2 fully saturated rings. The van der Waals surface area contributed by atoms with Crippen molar-refractivity contribution in [3.8, 4) is 0 Å². The first-order valence-corrected chi connectivity index (χ1v) is 9.68. The lowest BCUT2D eigenvalue weighted by atomic mass is 9.87. The summed E-state index contributed by atoms with van der Waals surface area (Å²) in [6.45, 7) is 9.04. The number of likely N-dealkylation sites (tertiary alicyclic amines) is 1. The summed E-state index contributed by atoms with van der Waals surface area (Å²) in [4.78, 5) is 19.1. The van der Waals surface area contributed by atoms with Gasteiger partial charge in [-0.3, -0.25) is 9.79 Å². The molecule has 7 heteroatoms. The minimum atomic E-state index is -0.367. The summed E-state index contributed by atoms with van der Waals surface area (Å²) in [6.07, 6.45) is 2.25. The van der Waals surface area contributed by atoms with Crippen molar-refractivity contribution in [2.45, 2.75) is 26.7 Å². The van der Waals surface area contributed by atoms with Gasteiger partial charge in [0.15, 0.2) is 5.96 Å². The lowest BCUT2D eigenvalue weighted by Gasteiger charge is -2.25. The summed E-state index contributed by atoms with van der Waals surface area (Å²) >= 11 is 0. The lowest BCUT2D eigenvalue weighted by molar-refractivity contribution is 0.0954. The second kappa shape index (κ2) is 8.69. The van der Waals surface area contributed by atoms with E-state index in [9.17, 15) is 9.18 Å². The Labute approximate surface area is 160 Å². The fourth-order valence-electron chi connectivity index (χ4n) is 3.68. The van der Waals surface area contributed by atoms with E-state index < -0.39 is 0 Å². The fraction of sp³-hybridized carbons (Fsp3) is 0.600. The van der Waals surface area contributed by atoms with Crippen molar-refractivity contribution in [2.24, 2.45) is 10.4 Å². The normalized spacial score (nSPS) is 22.5. The number of aryl methyl sites for hydroxylation is 1. The average molecular weight is 376 g/mol. The van der Waals surface area contributed by atoms with Gasteiger partial charge in [0.05, 0.1) is 13.2 Å². The maximum atomic E-state index is 13.6. The molecule has 1 atom stereocenters. The molecule has 2 aliphatic rings. The molecule has 2 aliphatic heterocycles. The maximum absolute atomic E-state index is 13.6. The zero-order valence-corrected chi connectivity index (χ0v) is 16.2. The molecule has 1 amide bonds. The van der Waals surface area contributed by atoms with Gasteiger partial charge < -0.3 is 20.3 Å². The third-order valence-corrected chi connectivity index (χ3v) is 5.35. The van der Waals surface area contributed by atoms with Crippen LogP contribution < -0.4 is 10.6 Å². The Bertz CT molecular complexity index is 701. The van der Waals surface area contributed by atoms with E-state index in [1.807, 2.05) is 6.92 Å². The number of guanidine groups is 1. The number of carbonyl (C=O) groups is 1. The molecule has 2 saturated heterocycles. The van der Waals surface area contributed by atoms with Gasteiger partial charge in [0.2, 0.25) is 0 Å². The second-order valence-corrected chi connectivity index (χ2v) is 7.43. The Kier molecular flexibility index (Phi) is 6.31. The SMILES string of the molecule is CCNC(=NCCNC(=O)c1ccc(C)c(F)c1)N1CCC2(CCOC2)C1. The number of amides is 1. The van der Waals surface area contributed by atoms with E-state index in [1.54, 1.807) is 19.1 Å². The van der Waals surface area contributed by atoms with E-state index in [1.165, 1.54) is 6.07 Å². The predicted molar refractivity (Wildman–Crippen MR) is 104 cm³/mol. The Balaban J connectivity index is 1.51. The molecule has 1 spiro atoms. The van der Waals surface area contributed by atoms with Gasteiger partial charge in [-0.15, -0.1) is 0 Å². The van der Waals surface area contributed by atoms with Crippen LogP contribution in [0.3, 0.4) is 0 Å². The van der Waals surface area contributed by atoms with Gasteiger partial charge >= 0.3 is 0 Å². The Morgan fingerprint density at radius 2 is 2.22 bits per heavy atom. The third-order valence-electron chi connectivity index (χ3n) is 5.35. The molecule has 0 bridgehead atoms. The summed E-state index contributed by atoms with van der Waals surface area (Å²) in [5.41, 5.74) is 1.14. The van der Waals surface area contributed by atoms with Crippen molar-refractivity contribution in [3.63, 3.8) is 0 Å². The molecule has 0 saturated carbocycles. The zero-order chi connectivity index (χ0) is 19.3. The standard InChI is InChI=1S/C20H29FN4O2/c1-3-22-19(25-10-6-20(13-25)7-11-27-14-20)24-9-8-23-18(26)16-5-4-15(2)17(21)12-16/h4-5,12H,3,6-11,13-14H2,1-2H3,(H,22,24)(H,23,26). The van der Waals surface area contributed by atoms with Crippen LogP contribution in [0.15, 0.2) is 23.2 Å². The van der Waals surface area contributed by atoms with E-state index in [2.05, 4.69) is 20.5 Å². The predicted octanol–water partition coefficient (Wildman–Crippen LogP) is 1.94. The van der Waals surface area contributed by atoms with Crippen molar-refractivity contribution in [2.75, 3.05) is 45.9 Å². The number of aliphatic imine (C=N–C) groups is 1. The van der Waals surface area contributed by atoms with Gasteiger partial charge in [0, 0.05) is 43.8 Å². The summed E-state index contributed by atoms with van der Waals surface area (Å²) in [5, 5.41) is 6.14. The van der Waals surface area contributed by atoms with Crippen LogP contribution in [0.25, 0.3) is 0 Å². The monoisotopic (exact) mass is 376 g/mol. The van der Waals surface area contributed by atoms with Crippen LogP contribution in [0, 0.1) is 18.2 Å². The van der Waals surface area contributed by atoms with Gasteiger partial charge in [0.25, 0.3) is 5.91 Å². The molecule has 2 N–H and O–H groups in total. The average Bonchev–Trinajstić information content (AvgIpc) is 3.30. The molecule has 1 aromatic carbocycles. The van der Waals surface area contributed by atoms with Crippen molar-refractivity contribution in [3.05, 3.63) is 35.1 Å². The number of rotatable bonds is 5. The highest BCUT2D eigenvalue weighted by Crippen LogP contribution is 2.38. The smallest absolute Gasteiger partial charge is 0.251 e.